The van der Waals surface area contributed by atoms with Gasteiger partial charge in [-0.3, -0.25) is 14.2 Å². The summed E-state index contributed by atoms with van der Waals surface area (Å²) in [5.74, 6) is 0.518. The minimum Gasteiger partial charge on any atom is -0.459 e. The third-order valence-electron chi connectivity index (χ3n) is 4.70. The van der Waals surface area contributed by atoms with Gasteiger partial charge in [0, 0.05) is 23.7 Å². The zero-order valence-corrected chi connectivity index (χ0v) is 16.8. The van der Waals surface area contributed by atoms with Gasteiger partial charge in [0.15, 0.2) is 0 Å². The summed E-state index contributed by atoms with van der Waals surface area (Å²) in [5.41, 5.74) is 0.733. The first-order valence-corrected chi connectivity index (χ1v) is 9.52. The number of halogens is 2. The van der Waals surface area contributed by atoms with E-state index in [1.165, 1.54) is 34.0 Å². The first-order chi connectivity index (χ1) is 14.4. The fourth-order valence-corrected chi connectivity index (χ4v) is 3.19. The van der Waals surface area contributed by atoms with Crippen molar-refractivity contribution in [2.45, 2.75) is 13.1 Å². The number of likely N-dealkylation sites (N-methyl/N-ethyl adjacent to an activating group) is 1. The molecule has 0 aliphatic rings. The molecule has 6 nitrogen and oxygen atoms in total. The molecule has 0 aliphatic carbocycles. The number of nitrogens with zero attached hydrogens (tertiary/aromatic N) is 3. The van der Waals surface area contributed by atoms with Crippen molar-refractivity contribution in [2.75, 3.05) is 7.05 Å². The molecule has 2 heterocycles. The Labute approximate surface area is 176 Å². The van der Waals surface area contributed by atoms with E-state index in [9.17, 15) is 14.0 Å². The van der Waals surface area contributed by atoms with Crippen molar-refractivity contribution < 1.29 is 13.6 Å². The van der Waals surface area contributed by atoms with Crippen LogP contribution in [0.3, 0.4) is 0 Å². The van der Waals surface area contributed by atoms with Crippen LogP contribution in [0.2, 0.25) is 5.02 Å². The smallest absolute Gasteiger partial charge is 0.261 e. The Kier molecular flexibility index (Phi) is 5.37. The van der Waals surface area contributed by atoms with E-state index < -0.39 is 11.4 Å². The van der Waals surface area contributed by atoms with Gasteiger partial charge in [-0.15, -0.1) is 0 Å². The third kappa shape index (κ3) is 4.11. The van der Waals surface area contributed by atoms with E-state index in [1.807, 2.05) is 18.2 Å². The van der Waals surface area contributed by atoms with Gasteiger partial charge in [-0.05, 0) is 48.5 Å². The molecule has 0 spiro atoms. The lowest BCUT2D eigenvalue weighted by Gasteiger charge is -2.16. The number of aromatic nitrogens is 2. The van der Waals surface area contributed by atoms with Gasteiger partial charge >= 0.3 is 0 Å². The molecule has 0 bridgehead atoms. The van der Waals surface area contributed by atoms with Gasteiger partial charge in [0.2, 0.25) is 5.91 Å². The Morgan fingerprint density at radius 3 is 2.70 bits per heavy atom. The van der Waals surface area contributed by atoms with E-state index in [4.69, 9.17) is 16.0 Å². The molecule has 0 radical (unpaired) electrons. The van der Waals surface area contributed by atoms with Gasteiger partial charge in [0.25, 0.3) is 5.56 Å². The van der Waals surface area contributed by atoms with Gasteiger partial charge in [-0.2, -0.15) is 0 Å². The highest BCUT2D eigenvalue weighted by Crippen LogP contribution is 2.24. The fraction of sp³-hybridized carbons (Fsp3) is 0.136. The van der Waals surface area contributed by atoms with E-state index >= 15 is 0 Å². The molecule has 0 saturated heterocycles. The Hall–Kier alpha value is -3.45. The molecule has 2 aromatic heterocycles. The molecule has 30 heavy (non-hydrogen) atoms. The van der Waals surface area contributed by atoms with Crippen LogP contribution in [0.15, 0.2) is 70.1 Å². The molecule has 0 saturated carbocycles. The highest BCUT2D eigenvalue weighted by atomic mass is 35.5. The van der Waals surface area contributed by atoms with Gasteiger partial charge in [-0.25, -0.2) is 9.37 Å². The maximum atomic E-state index is 13.3. The quantitative estimate of drug-likeness (QED) is 0.482. The van der Waals surface area contributed by atoms with Crippen molar-refractivity contribution >= 4 is 28.4 Å². The largest absolute Gasteiger partial charge is 0.459 e. The van der Waals surface area contributed by atoms with Crippen LogP contribution >= 0.6 is 11.6 Å². The van der Waals surface area contributed by atoms with Crippen LogP contribution in [0.25, 0.3) is 22.2 Å². The molecular weight excluding hydrogens is 409 g/mol. The molecule has 0 N–H and O–H groups in total. The molecule has 0 atom stereocenters. The van der Waals surface area contributed by atoms with Crippen LogP contribution in [-0.4, -0.2) is 27.4 Å². The summed E-state index contributed by atoms with van der Waals surface area (Å²) in [4.78, 5) is 30.7. The van der Waals surface area contributed by atoms with Crippen LogP contribution in [0, 0.1) is 5.82 Å². The SMILES string of the molecule is CN(Cc1ccc(-c2ccc(Cl)cc2)o1)C(=O)Cn1cnc2cc(F)ccc2c1=O. The lowest BCUT2D eigenvalue weighted by atomic mass is 10.2. The van der Waals surface area contributed by atoms with Crippen molar-refractivity contribution in [1.29, 1.82) is 0 Å². The Balaban J connectivity index is 1.46. The minimum atomic E-state index is -0.473. The van der Waals surface area contributed by atoms with Crippen LogP contribution in [0.5, 0.6) is 0 Å². The molecule has 4 aromatic rings. The summed E-state index contributed by atoms with van der Waals surface area (Å²) in [6.07, 6.45) is 1.25. The summed E-state index contributed by atoms with van der Waals surface area (Å²) in [5, 5.41) is 0.896. The molecule has 0 unspecified atom stereocenters. The standard InChI is InChI=1S/C22H17ClFN3O3/c1-26(11-17-7-9-20(30-17)14-2-4-15(23)5-3-14)21(28)12-27-13-25-19-10-16(24)6-8-18(19)22(27)29/h2-10,13H,11-12H2,1H3. The number of amides is 1. The average Bonchev–Trinajstić information content (AvgIpc) is 3.19. The van der Waals surface area contributed by atoms with Crippen LogP contribution < -0.4 is 5.56 Å². The third-order valence-corrected chi connectivity index (χ3v) is 4.95. The highest BCUT2D eigenvalue weighted by molar-refractivity contribution is 6.30. The van der Waals surface area contributed by atoms with Crippen molar-refractivity contribution in [2.24, 2.45) is 0 Å². The normalized spacial score (nSPS) is 11.0. The Morgan fingerprint density at radius 2 is 1.93 bits per heavy atom. The van der Waals surface area contributed by atoms with Gasteiger partial charge in [0.05, 0.1) is 23.8 Å². The maximum Gasteiger partial charge on any atom is 0.261 e. The van der Waals surface area contributed by atoms with E-state index in [1.54, 1.807) is 25.2 Å². The zero-order chi connectivity index (χ0) is 21.3. The van der Waals surface area contributed by atoms with E-state index in [0.29, 0.717) is 16.5 Å². The molecule has 4 rings (SSSR count). The van der Waals surface area contributed by atoms with Gasteiger partial charge < -0.3 is 9.32 Å². The molecule has 1 amide bonds. The summed E-state index contributed by atoms with van der Waals surface area (Å²) >= 11 is 5.90. The highest BCUT2D eigenvalue weighted by Gasteiger charge is 2.15. The zero-order valence-electron chi connectivity index (χ0n) is 16.0. The second-order valence-corrected chi connectivity index (χ2v) is 7.30. The van der Waals surface area contributed by atoms with E-state index in [2.05, 4.69) is 4.98 Å². The monoisotopic (exact) mass is 425 g/mol. The van der Waals surface area contributed by atoms with Gasteiger partial charge in [-0.1, -0.05) is 11.6 Å². The number of carbonyl (C=O) groups excluding carboxylic acids is 1. The van der Waals surface area contributed by atoms with Crippen molar-refractivity contribution in [3.8, 4) is 11.3 Å². The average molecular weight is 426 g/mol. The van der Waals surface area contributed by atoms with Crippen molar-refractivity contribution in [1.82, 2.24) is 14.5 Å². The Morgan fingerprint density at radius 1 is 1.17 bits per heavy atom. The van der Waals surface area contributed by atoms with Crippen molar-refractivity contribution in [3.05, 3.63) is 87.9 Å². The number of hydrogen-bond donors (Lipinski definition) is 0. The molecule has 152 valence electrons. The minimum absolute atomic E-state index is 0.180. The molecule has 8 heteroatoms. The van der Waals surface area contributed by atoms with Gasteiger partial charge in [0.1, 0.15) is 23.9 Å². The Bertz CT molecular complexity index is 1280. The maximum absolute atomic E-state index is 13.3. The molecule has 0 fully saturated rings. The second kappa shape index (κ2) is 8.12. The summed E-state index contributed by atoms with van der Waals surface area (Å²) in [7, 11) is 1.63. The summed E-state index contributed by atoms with van der Waals surface area (Å²) < 4.78 is 20.3. The predicted molar refractivity (Wildman–Crippen MR) is 112 cm³/mol. The molecular formula is C22H17ClFN3O3. The van der Waals surface area contributed by atoms with Crippen molar-refractivity contribution in [3.63, 3.8) is 0 Å². The fourth-order valence-electron chi connectivity index (χ4n) is 3.06. The van der Waals surface area contributed by atoms with Crippen LogP contribution in [0.1, 0.15) is 5.76 Å². The molecule has 2 aromatic carbocycles. The lowest BCUT2D eigenvalue weighted by molar-refractivity contribution is -0.131. The predicted octanol–water partition coefficient (Wildman–Crippen LogP) is 4.11. The second-order valence-electron chi connectivity index (χ2n) is 6.86. The first kappa shape index (κ1) is 19.8. The number of hydrogen-bond acceptors (Lipinski definition) is 4. The van der Waals surface area contributed by atoms with E-state index in [0.717, 1.165) is 5.56 Å². The van der Waals surface area contributed by atoms with Crippen LogP contribution in [0.4, 0.5) is 4.39 Å². The first-order valence-electron chi connectivity index (χ1n) is 9.14. The van der Waals surface area contributed by atoms with E-state index in [-0.39, 0.29) is 29.9 Å². The summed E-state index contributed by atoms with van der Waals surface area (Å²) in [6.45, 7) is 0.0633. The topological polar surface area (TPSA) is 68.3 Å². The number of furan rings is 1. The summed E-state index contributed by atoms with van der Waals surface area (Å²) in [6, 6.07) is 14.6. The number of fused-ring (bicyclic) bond motifs is 1. The lowest BCUT2D eigenvalue weighted by Crippen LogP contribution is -2.33. The number of benzene rings is 2. The molecule has 0 aliphatic heterocycles. The number of rotatable bonds is 5. The van der Waals surface area contributed by atoms with Crippen LogP contribution in [-0.2, 0) is 17.9 Å². The number of carbonyl (C=O) groups is 1.